The van der Waals surface area contributed by atoms with E-state index < -0.39 is 0 Å². The molecular weight excluding hydrogens is 164 g/mol. The molecular formula is C10H18N2O. The van der Waals surface area contributed by atoms with Crippen molar-refractivity contribution in [1.82, 2.24) is 0 Å². The van der Waals surface area contributed by atoms with Gasteiger partial charge < -0.3 is 11.5 Å². The van der Waals surface area contributed by atoms with Gasteiger partial charge in [0.2, 0.25) is 5.91 Å². The molecule has 74 valence electrons. The highest BCUT2D eigenvalue weighted by molar-refractivity contribution is 5.74. The van der Waals surface area contributed by atoms with Crippen LogP contribution in [0.1, 0.15) is 25.7 Å². The number of allylic oxidation sites excluding steroid dienone is 2. The second kappa shape index (κ2) is 5.02. The van der Waals surface area contributed by atoms with E-state index in [1.54, 1.807) is 0 Å². The van der Waals surface area contributed by atoms with Crippen molar-refractivity contribution in [3.05, 3.63) is 12.2 Å². The lowest BCUT2D eigenvalue weighted by Crippen LogP contribution is -2.29. The third kappa shape index (κ3) is 3.19. The Hall–Kier alpha value is -0.830. The highest BCUT2D eigenvalue weighted by Gasteiger charge is 2.21. The van der Waals surface area contributed by atoms with Crippen molar-refractivity contribution in [2.75, 3.05) is 6.54 Å². The molecule has 0 saturated heterocycles. The van der Waals surface area contributed by atoms with Crippen LogP contribution in [-0.4, -0.2) is 12.5 Å². The number of hydrogen-bond acceptors (Lipinski definition) is 2. The average Bonchev–Trinajstić information content (AvgIpc) is 2.15. The van der Waals surface area contributed by atoms with Crippen LogP contribution in [-0.2, 0) is 4.79 Å². The van der Waals surface area contributed by atoms with Crippen LogP contribution in [0.2, 0.25) is 0 Å². The van der Waals surface area contributed by atoms with E-state index in [0.29, 0.717) is 18.9 Å². The third-order valence-electron chi connectivity index (χ3n) is 2.74. The molecule has 0 saturated carbocycles. The molecule has 0 radical (unpaired) electrons. The topological polar surface area (TPSA) is 69.1 Å². The van der Waals surface area contributed by atoms with Gasteiger partial charge in [0.1, 0.15) is 0 Å². The molecule has 3 heteroatoms. The maximum absolute atomic E-state index is 10.8. The van der Waals surface area contributed by atoms with Crippen molar-refractivity contribution in [3.8, 4) is 0 Å². The molecule has 13 heavy (non-hydrogen) atoms. The van der Waals surface area contributed by atoms with Crippen LogP contribution >= 0.6 is 0 Å². The Balaban J connectivity index is 2.45. The predicted molar refractivity (Wildman–Crippen MR) is 52.8 cm³/mol. The van der Waals surface area contributed by atoms with Gasteiger partial charge in [0.15, 0.2) is 0 Å². The number of amides is 1. The van der Waals surface area contributed by atoms with Crippen LogP contribution in [0.15, 0.2) is 12.2 Å². The van der Waals surface area contributed by atoms with Crippen molar-refractivity contribution < 1.29 is 4.79 Å². The molecule has 0 aromatic rings. The number of hydrogen-bond donors (Lipinski definition) is 2. The maximum atomic E-state index is 10.8. The van der Waals surface area contributed by atoms with Gasteiger partial charge in [0.05, 0.1) is 0 Å². The summed E-state index contributed by atoms with van der Waals surface area (Å²) in [6, 6.07) is 0. The third-order valence-corrected chi connectivity index (χ3v) is 2.74. The number of nitrogens with two attached hydrogens (primary N) is 2. The summed E-state index contributed by atoms with van der Waals surface area (Å²) in [7, 11) is 0. The molecule has 0 fully saturated rings. The summed E-state index contributed by atoms with van der Waals surface area (Å²) in [5, 5.41) is 0. The summed E-state index contributed by atoms with van der Waals surface area (Å²) in [4.78, 5) is 10.8. The smallest absolute Gasteiger partial charge is 0.217 e. The summed E-state index contributed by atoms with van der Waals surface area (Å²) < 4.78 is 0. The quantitative estimate of drug-likeness (QED) is 0.631. The SMILES string of the molecule is NCC(CC(N)=O)C1CC=CCC1. The second-order valence-electron chi connectivity index (χ2n) is 3.71. The zero-order chi connectivity index (χ0) is 9.68. The maximum Gasteiger partial charge on any atom is 0.217 e. The molecule has 0 aromatic carbocycles. The van der Waals surface area contributed by atoms with Crippen LogP contribution < -0.4 is 11.5 Å². The first kappa shape index (κ1) is 10.3. The second-order valence-corrected chi connectivity index (χ2v) is 3.71. The van der Waals surface area contributed by atoms with E-state index in [0.717, 1.165) is 19.3 Å². The lowest BCUT2D eigenvalue weighted by Gasteiger charge is -2.25. The normalized spacial score (nSPS) is 24.2. The highest BCUT2D eigenvalue weighted by atomic mass is 16.1. The molecule has 1 aliphatic carbocycles. The first-order chi connectivity index (χ1) is 6.24. The Bertz CT molecular complexity index is 201. The van der Waals surface area contributed by atoms with Gasteiger partial charge in [-0.1, -0.05) is 12.2 Å². The Morgan fingerprint density at radius 1 is 1.54 bits per heavy atom. The monoisotopic (exact) mass is 182 g/mol. The Kier molecular flexibility index (Phi) is 3.96. The molecule has 0 bridgehead atoms. The number of carbonyl (C=O) groups excluding carboxylic acids is 1. The lowest BCUT2D eigenvalue weighted by atomic mass is 9.81. The molecule has 0 aliphatic heterocycles. The molecule has 0 aromatic heterocycles. The Labute approximate surface area is 79.2 Å². The highest BCUT2D eigenvalue weighted by Crippen LogP contribution is 2.27. The first-order valence-corrected chi connectivity index (χ1v) is 4.87. The summed E-state index contributed by atoms with van der Waals surface area (Å²) in [6.45, 7) is 0.571. The van der Waals surface area contributed by atoms with Gasteiger partial charge in [-0.15, -0.1) is 0 Å². The fourth-order valence-corrected chi connectivity index (χ4v) is 1.95. The summed E-state index contributed by atoms with van der Waals surface area (Å²) in [5.41, 5.74) is 10.8. The van der Waals surface area contributed by atoms with E-state index in [9.17, 15) is 4.79 Å². The summed E-state index contributed by atoms with van der Waals surface area (Å²) in [6.07, 6.45) is 8.11. The van der Waals surface area contributed by atoms with Crippen molar-refractivity contribution in [2.45, 2.75) is 25.7 Å². The van der Waals surface area contributed by atoms with Crippen LogP contribution in [0.3, 0.4) is 0 Å². The van der Waals surface area contributed by atoms with Gasteiger partial charge in [0.25, 0.3) is 0 Å². The molecule has 3 nitrogen and oxygen atoms in total. The van der Waals surface area contributed by atoms with Crippen LogP contribution in [0.5, 0.6) is 0 Å². The molecule has 4 N–H and O–H groups in total. The van der Waals surface area contributed by atoms with E-state index in [-0.39, 0.29) is 11.8 Å². The van der Waals surface area contributed by atoms with E-state index in [2.05, 4.69) is 12.2 Å². The van der Waals surface area contributed by atoms with E-state index in [4.69, 9.17) is 11.5 Å². The van der Waals surface area contributed by atoms with Crippen molar-refractivity contribution in [3.63, 3.8) is 0 Å². The largest absolute Gasteiger partial charge is 0.370 e. The molecule has 1 rings (SSSR count). The minimum absolute atomic E-state index is 0.231. The Morgan fingerprint density at radius 2 is 2.31 bits per heavy atom. The van der Waals surface area contributed by atoms with Crippen LogP contribution in [0.25, 0.3) is 0 Å². The van der Waals surface area contributed by atoms with Crippen molar-refractivity contribution in [1.29, 1.82) is 0 Å². The van der Waals surface area contributed by atoms with Crippen LogP contribution in [0, 0.1) is 11.8 Å². The minimum Gasteiger partial charge on any atom is -0.370 e. The van der Waals surface area contributed by atoms with Crippen molar-refractivity contribution >= 4 is 5.91 Å². The van der Waals surface area contributed by atoms with Gasteiger partial charge in [-0.2, -0.15) is 0 Å². The van der Waals surface area contributed by atoms with E-state index in [1.165, 1.54) is 0 Å². The standard InChI is InChI=1S/C10H18N2O/c11-7-9(6-10(12)13)8-4-2-1-3-5-8/h1-2,8-9H,3-7,11H2,(H2,12,13). The van der Waals surface area contributed by atoms with Gasteiger partial charge in [0, 0.05) is 6.42 Å². The number of carbonyl (C=O) groups is 1. The average molecular weight is 182 g/mol. The minimum atomic E-state index is -0.231. The molecule has 2 atom stereocenters. The zero-order valence-electron chi connectivity index (χ0n) is 7.91. The first-order valence-electron chi connectivity index (χ1n) is 4.87. The van der Waals surface area contributed by atoms with Crippen LogP contribution in [0.4, 0.5) is 0 Å². The number of rotatable bonds is 4. The lowest BCUT2D eigenvalue weighted by molar-refractivity contribution is -0.119. The molecule has 1 amide bonds. The van der Waals surface area contributed by atoms with Gasteiger partial charge in [-0.25, -0.2) is 0 Å². The molecule has 1 aliphatic rings. The molecule has 0 heterocycles. The Morgan fingerprint density at radius 3 is 2.77 bits per heavy atom. The zero-order valence-corrected chi connectivity index (χ0v) is 7.91. The van der Waals surface area contributed by atoms with Gasteiger partial charge in [-0.05, 0) is 37.6 Å². The predicted octanol–water partition coefficient (Wildman–Crippen LogP) is 0.793. The molecule has 0 spiro atoms. The van der Waals surface area contributed by atoms with E-state index in [1.807, 2.05) is 0 Å². The summed E-state index contributed by atoms with van der Waals surface area (Å²) in [5.74, 6) is 0.606. The fraction of sp³-hybridized carbons (Fsp3) is 0.700. The molecule has 2 unspecified atom stereocenters. The van der Waals surface area contributed by atoms with Gasteiger partial charge >= 0.3 is 0 Å². The van der Waals surface area contributed by atoms with Gasteiger partial charge in [-0.3, -0.25) is 4.79 Å². The van der Waals surface area contributed by atoms with E-state index >= 15 is 0 Å². The summed E-state index contributed by atoms with van der Waals surface area (Å²) >= 11 is 0. The van der Waals surface area contributed by atoms with Crippen molar-refractivity contribution in [2.24, 2.45) is 23.3 Å². The fourth-order valence-electron chi connectivity index (χ4n) is 1.95. The number of primary amides is 1.